The van der Waals surface area contributed by atoms with Gasteiger partial charge >= 0.3 is 0 Å². The zero-order valence-electron chi connectivity index (χ0n) is 14.1. The molecule has 1 aromatic carbocycles. The van der Waals surface area contributed by atoms with Crippen LogP contribution in [0.1, 0.15) is 31.9 Å². The first-order chi connectivity index (χ1) is 9.83. The standard InChI is InChI=1S/C18H31NOSi/c1-15(2)17(12-9-13-21(3,4)5)19-18(14-20)16-10-7-6-8-11-16/h6-11,13,15,17-20H,12,14H2,1-5H3/b13-9+/t17-,18+/m0/s1. The lowest BCUT2D eigenvalue weighted by molar-refractivity contribution is 0.221. The Kier molecular flexibility index (Phi) is 7.36. The molecule has 0 amide bonds. The van der Waals surface area contributed by atoms with Crippen molar-refractivity contribution in [3.63, 3.8) is 0 Å². The summed E-state index contributed by atoms with van der Waals surface area (Å²) in [4.78, 5) is 0. The van der Waals surface area contributed by atoms with Gasteiger partial charge in [-0.3, -0.25) is 0 Å². The second-order valence-corrected chi connectivity index (χ2v) is 12.2. The third-order valence-electron chi connectivity index (χ3n) is 3.61. The van der Waals surface area contributed by atoms with E-state index in [2.05, 4.69) is 62.7 Å². The van der Waals surface area contributed by atoms with Crippen LogP contribution >= 0.6 is 0 Å². The molecule has 3 heteroatoms. The van der Waals surface area contributed by atoms with E-state index in [1.165, 1.54) is 0 Å². The molecule has 1 rings (SSSR count). The maximum Gasteiger partial charge on any atom is 0.0682 e. The molecule has 21 heavy (non-hydrogen) atoms. The predicted molar refractivity (Wildman–Crippen MR) is 95.1 cm³/mol. The van der Waals surface area contributed by atoms with Crippen LogP contribution in [0.4, 0.5) is 0 Å². The van der Waals surface area contributed by atoms with E-state index in [1.807, 2.05) is 18.2 Å². The van der Waals surface area contributed by atoms with Crippen LogP contribution in [-0.4, -0.2) is 25.8 Å². The lowest BCUT2D eigenvalue weighted by Gasteiger charge is -2.27. The average molecular weight is 306 g/mol. The Morgan fingerprint density at radius 2 is 1.76 bits per heavy atom. The SMILES string of the molecule is CC(C)[C@H](C/C=C/[Si](C)(C)C)N[C@H](CO)c1ccccc1. The predicted octanol–water partition coefficient (Wildman–Crippen LogP) is 4.16. The highest BCUT2D eigenvalue weighted by Gasteiger charge is 2.18. The summed E-state index contributed by atoms with van der Waals surface area (Å²) >= 11 is 0. The number of nitrogens with one attached hydrogen (secondary N) is 1. The van der Waals surface area contributed by atoms with Crippen LogP contribution in [0.5, 0.6) is 0 Å². The Bertz CT molecular complexity index is 423. The summed E-state index contributed by atoms with van der Waals surface area (Å²) in [5.41, 5.74) is 3.56. The van der Waals surface area contributed by atoms with Gasteiger partial charge in [-0.2, -0.15) is 0 Å². The van der Waals surface area contributed by atoms with Crippen molar-refractivity contribution in [3.05, 3.63) is 47.7 Å². The van der Waals surface area contributed by atoms with Crippen LogP contribution < -0.4 is 5.32 Å². The van der Waals surface area contributed by atoms with E-state index >= 15 is 0 Å². The Morgan fingerprint density at radius 1 is 1.14 bits per heavy atom. The molecule has 0 saturated carbocycles. The van der Waals surface area contributed by atoms with Crippen molar-refractivity contribution in [1.29, 1.82) is 0 Å². The Balaban J connectivity index is 2.71. The second kappa shape index (κ2) is 8.52. The van der Waals surface area contributed by atoms with E-state index < -0.39 is 8.07 Å². The quantitative estimate of drug-likeness (QED) is 0.707. The average Bonchev–Trinajstić information content (AvgIpc) is 2.42. The number of rotatable bonds is 8. The lowest BCUT2D eigenvalue weighted by Crippen LogP contribution is -2.38. The fourth-order valence-electron chi connectivity index (χ4n) is 2.30. The van der Waals surface area contributed by atoms with Gasteiger partial charge in [0.2, 0.25) is 0 Å². The zero-order valence-corrected chi connectivity index (χ0v) is 15.1. The molecule has 1 aromatic rings. The molecule has 0 fully saturated rings. The first-order valence-electron chi connectivity index (χ1n) is 7.93. The lowest BCUT2D eigenvalue weighted by atomic mass is 9.98. The fourth-order valence-corrected chi connectivity index (χ4v) is 3.14. The van der Waals surface area contributed by atoms with E-state index in [-0.39, 0.29) is 12.6 Å². The van der Waals surface area contributed by atoms with Crippen LogP contribution in [0.3, 0.4) is 0 Å². The van der Waals surface area contributed by atoms with E-state index in [0.29, 0.717) is 12.0 Å². The maximum atomic E-state index is 9.69. The van der Waals surface area contributed by atoms with Gasteiger partial charge in [0.15, 0.2) is 0 Å². The van der Waals surface area contributed by atoms with Gasteiger partial charge in [-0.05, 0) is 17.9 Å². The minimum atomic E-state index is -1.13. The highest BCUT2D eigenvalue weighted by Crippen LogP contribution is 2.17. The van der Waals surface area contributed by atoms with Crippen molar-refractivity contribution in [2.75, 3.05) is 6.61 Å². The number of hydrogen-bond donors (Lipinski definition) is 2. The largest absolute Gasteiger partial charge is 0.394 e. The minimum absolute atomic E-state index is 0.0129. The van der Waals surface area contributed by atoms with E-state index in [4.69, 9.17) is 0 Å². The van der Waals surface area contributed by atoms with Crippen LogP contribution in [0.25, 0.3) is 0 Å². The fraction of sp³-hybridized carbons (Fsp3) is 0.556. The number of aliphatic hydroxyl groups excluding tert-OH is 1. The molecule has 0 unspecified atom stereocenters. The van der Waals surface area contributed by atoms with Crippen LogP contribution in [0.15, 0.2) is 42.1 Å². The third kappa shape index (κ3) is 7.07. The number of aliphatic hydroxyl groups is 1. The van der Waals surface area contributed by atoms with E-state index in [9.17, 15) is 5.11 Å². The summed E-state index contributed by atoms with van der Waals surface area (Å²) in [7, 11) is -1.13. The summed E-state index contributed by atoms with van der Waals surface area (Å²) in [5.74, 6) is 0.536. The van der Waals surface area contributed by atoms with Crippen molar-refractivity contribution in [3.8, 4) is 0 Å². The molecule has 0 bridgehead atoms. The van der Waals surface area contributed by atoms with E-state index in [0.717, 1.165) is 12.0 Å². The molecule has 0 aliphatic heterocycles. The Labute approximate surface area is 131 Å². The van der Waals surface area contributed by atoms with Crippen molar-refractivity contribution >= 4 is 8.07 Å². The zero-order chi connectivity index (χ0) is 15.9. The molecular weight excluding hydrogens is 274 g/mol. The van der Waals surface area contributed by atoms with Crippen LogP contribution in [0, 0.1) is 5.92 Å². The molecule has 2 atom stereocenters. The monoisotopic (exact) mass is 305 g/mol. The van der Waals surface area contributed by atoms with Gasteiger partial charge in [-0.15, -0.1) is 0 Å². The molecule has 0 saturated heterocycles. The van der Waals surface area contributed by atoms with Crippen molar-refractivity contribution in [2.45, 2.75) is 52.0 Å². The van der Waals surface area contributed by atoms with Crippen molar-refractivity contribution < 1.29 is 5.11 Å². The molecule has 0 aliphatic carbocycles. The molecule has 0 heterocycles. The number of benzene rings is 1. The molecule has 0 radical (unpaired) electrons. The molecule has 0 aliphatic rings. The molecule has 0 aromatic heterocycles. The topological polar surface area (TPSA) is 32.3 Å². The highest BCUT2D eigenvalue weighted by molar-refractivity contribution is 6.80. The molecule has 2 nitrogen and oxygen atoms in total. The normalized spacial score (nSPS) is 15.6. The van der Waals surface area contributed by atoms with Gasteiger partial charge in [0, 0.05) is 6.04 Å². The van der Waals surface area contributed by atoms with Crippen LogP contribution in [-0.2, 0) is 0 Å². The summed E-state index contributed by atoms with van der Waals surface area (Å²) < 4.78 is 0. The van der Waals surface area contributed by atoms with Crippen molar-refractivity contribution in [2.24, 2.45) is 5.92 Å². The minimum Gasteiger partial charge on any atom is -0.394 e. The van der Waals surface area contributed by atoms with Crippen molar-refractivity contribution in [1.82, 2.24) is 5.32 Å². The maximum absolute atomic E-state index is 9.69. The molecular formula is C18H31NOSi. The number of hydrogen-bond acceptors (Lipinski definition) is 2. The first kappa shape index (κ1) is 18.1. The van der Waals surface area contributed by atoms with Gasteiger partial charge in [0.1, 0.15) is 0 Å². The van der Waals surface area contributed by atoms with E-state index in [1.54, 1.807) is 0 Å². The first-order valence-corrected chi connectivity index (χ1v) is 11.5. The van der Waals surface area contributed by atoms with Gasteiger partial charge in [-0.1, -0.05) is 75.6 Å². The summed E-state index contributed by atoms with van der Waals surface area (Å²) in [5, 5.41) is 13.3. The smallest absolute Gasteiger partial charge is 0.0682 e. The van der Waals surface area contributed by atoms with Gasteiger partial charge in [0.05, 0.1) is 20.7 Å². The summed E-state index contributed by atoms with van der Waals surface area (Å²) in [6.45, 7) is 11.6. The Morgan fingerprint density at radius 3 is 2.24 bits per heavy atom. The summed E-state index contributed by atoms with van der Waals surface area (Å²) in [6, 6.07) is 10.6. The van der Waals surface area contributed by atoms with Gasteiger partial charge in [-0.25, -0.2) is 0 Å². The van der Waals surface area contributed by atoms with Gasteiger partial charge in [0.25, 0.3) is 0 Å². The molecule has 2 N–H and O–H groups in total. The highest BCUT2D eigenvalue weighted by atomic mass is 28.3. The third-order valence-corrected chi connectivity index (χ3v) is 4.85. The second-order valence-electron chi connectivity index (χ2n) is 7.17. The Hall–Kier alpha value is -0.903. The van der Waals surface area contributed by atoms with Gasteiger partial charge < -0.3 is 10.4 Å². The molecule has 118 valence electrons. The van der Waals surface area contributed by atoms with Crippen LogP contribution in [0.2, 0.25) is 19.6 Å². The molecule has 0 spiro atoms. The summed E-state index contributed by atoms with van der Waals surface area (Å²) in [6.07, 6.45) is 3.34.